The Kier molecular flexibility index (Phi) is 3.44. The van der Waals surface area contributed by atoms with Crippen molar-refractivity contribution in [1.29, 1.82) is 0 Å². The molecule has 1 aromatic rings. The molecule has 0 aliphatic carbocycles. The molecule has 1 unspecified atom stereocenters. The number of pyridine rings is 1. The van der Waals surface area contributed by atoms with E-state index in [-0.39, 0.29) is 0 Å². The minimum atomic E-state index is 0.485. The molecule has 1 fully saturated rings. The van der Waals surface area contributed by atoms with E-state index < -0.39 is 0 Å². The van der Waals surface area contributed by atoms with Crippen LogP contribution in [-0.4, -0.2) is 24.1 Å². The lowest BCUT2D eigenvalue weighted by atomic mass is 10.1. The van der Waals surface area contributed by atoms with Crippen LogP contribution in [0.25, 0.3) is 0 Å². The van der Waals surface area contributed by atoms with Gasteiger partial charge in [0.2, 0.25) is 0 Å². The highest BCUT2D eigenvalue weighted by Crippen LogP contribution is 2.26. The molecule has 2 heterocycles. The molecule has 3 nitrogen and oxygen atoms in total. The SMILES string of the molecule is CC(C)c1cc(N2CCCC2CN)ccn1. The minimum Gasteiger partial charge on any atom is -0.367 e. The van der Waals surface area contributed by atoms with Gasteiger partial charge in [0.15, 0.2) is 0 Å². The summed E-state index contributed by atoms with van der Waals surface area (Å²) in [6.07, 6.45) is 4.38. The largest absolute Gasteiger partial charge is 0.367 e. The van der Waals surface area contributed by atoms with Gasteiger partial charge in [0.25, 0.3) is 0 Å². The van der Waals surface area contributed by atoms with Gasteiger partial charge < -0.3 is 10.6 Å². The van der Waals surface area contributed by atoms with E-state index in [2.05, 4.69) is 35.9 Å². The molecule has 2 rings (SSSR count). The molecule has 0 amide bonds. The summed E-state index contributed by atoms with van der Waals surface area (Å²) in [5.74, 6) is 0.485. The standard InChI is InChI=1S/C13H21N3/c1-10(2)13-8-11(5-6-15-13)16-7-3-4-12(16)9-14/h5-6,8,10,12H,3-4,7,9,14H2,1-2H3. The van der Waals surface area contributed by atoms with E-state index >= 15 is 0 Å². The van der Waals surface area contributed by atoms with Crippen molar-refractivity contribution in [1.82, 2.24) is 4.98 Å². The summed E-state index contributed by atoms with van der Waals surface area (Å²) in [4.78, 5) is 6.83. The van der Waals surface area contributed by atoms with Crippen molar-refractivity contribution < 1.29 is 0 Å². The smallest absolute Gasteiger partial charge is 0.0449 e. The van der Waals surface area contributed by atoms with Crippen LogP contribution in [-0.2, 0) is 0 Å². The van der Waals surface area contributed by atoms with E-state index in [4.69, 9.17) is 5.73 Å². The lowest BCUT2D eigenvalue weighted by Crippen LogP contribution is -2.35. The van der Waals surface area contributed by atoms with Gasteiger partial charge in [-0.1, -0.05) is 13.8 Å². The molecule has 0 spiro atoms. The van der Waals surface area contributed by atoms with Crippen LogP contribution < -0.4 is 10.6 Å². The predicted molar refractivity (Wildman–Crippen MR) is 67.7 cm³/mol. The molecule has 3 heteroatoms. The number of nitrogens with two attached hydrogens (primary N) is 1. The first-order valence-corrected chi connectivity index (χ1v) is 6.15. The van der Waals surface area contributed by atoms with Crippen LogP contribution in [0.15, 0.2) is 18.3 Å². The third kappa shape index (κ3) is 2.19. The van der Waals surface area contributed by atoms with Crippen molar-refractivity contribution in [2.45, 2.75) is 38.6 Å². The lowest BCUT2D eigenvalue weighted by molar-refractivity contribution is 0.675. The molecule has 2 N–H and O–H groups in total. The molecule has 0 radical (unpaired) electrons. The number of rotatable bonds is 3. The fraction of sp³-hybridized carbons (Fsp3) is 0.615. The van der Waals surface area contributed by atoms with E-state index in [9.17, 15) is 0 Å². The Labute approximate surface area is 97.7 Å². The Morgan fingerprint density at radius 2 is 2.38 bits per heavy atom. The highest BCUT2D eigenvalue weighted by Gasteiger charge is 2.23. The molecule has 0 saturated carbocycles. The summed E-state index contributed by atoms with van der Waals surface area (Å²) in [6.45, 7) is 6.23. The minimum absolute atomic E-state index is 0.485. The van der Waals surface area contributed by atoms with Crippen LogP contribution in [0.5, 0.6) is 0 Å². The topological polar surface area (TPSA) is 42.1 Å². The predicted octanol–water partition coefficient (Wildman–Crippen LogP) is 2.13. The molecule has 0 aromatic carbocycles. The molecule has 1 aliphatic rings. The number of aromatic nitrogens is 1. The number of hydrogen-bond donors (Lipinski definition) is 1. The molecule has 16 heavy (non-hydrogen) atoms. The maximum atomic E-state index is 5.80. The van der Waals surface area contributed by atoms with Crippen molar-refractivity contribution in [2.24, 2.45) is 5.73 Å². The monoisotopic (exact) mass is 219 g/mol. The lowest BCUT2D eigenvalue weighted by Gasteiger charge is -2.26. The zero-order valence-electron chi connectivity index (χ0n) is 10.2. The van der Waals surface area contributed by atoms with Crippen LogP contribution in [0.4, 0.5) is 5.69 Å². The summed E-state index contributed by atoms with van der Waals surface area (Å²) < 4.78 is 0. The zero-order valence-corrected chi connectivity index (χ0v) is 10.2. The molecular formula is C13H21N3. The third-order valence-corrected chi connectivity index (χ3v) is 3.34. The van der Waals surface area contributed by atoms with Gasteiger partial charge in [0.05, 0.1) is 0 Å². The first-order valence-electron chi connectivity index (χ1n) is 6.15. The normalized spacial score (nSPS) is 20.8. The van der Waals surface area contributed by atoms with Crippen LogP contribution >= 0.6 is 0 Å². The number of anilines is 1. The summed E-state index contributed by atoms with van der Waals surface area (Å²) in [5, 5.41) is 0. The fourth-order valence-electron chi connectivity index (χ4n) is 2.35. The Morgan fingerprint density at radius 3 is 3.06 bits per heavy atom. The van der Waals surface area contributed by atoms with Gasteiger partial charge in [0, 0.05) is 36.7 Å². The average Bonchev–Trinajstić information content (AvgIpc) is 2.77. The summed E-state index contributed by atoms with van der Waals surface area (Å²) >= 11 is 0. The van der Waals surface area contributed by atoms with Gasteiger partial charge in [-0.3, -0.25) is 4.98 Å². The van der Waals surface area contributed by atoms with E-state index in [1.54, 1.807) is 0 Å². The fourth-order valence-corrected chi connectivity index (χ4v) is 2.35. The van der Waals surface area contributed by atoms with Crippen LogP contribution in [0.1, 0.15) is 38.3 Å². The molecule has 1 aromatic heterocycles. The van der Waals surface area contributed by atoms with E-state index in [0.717, 1.165) is 13.1 Å². The molecule has 1 saturated heterocycles. The summed E-state index contributed by atoms with van der Waals surface area (Å²) in [5.41, 5.74) is 8.25. The second-order valence-corrected chi connectivity index (χ2v) is 4.82. The van der Waals surface area contributed by atoms with Gasteiger partial charge in [-0.2, -0.15) is 0 Å². The second kappa shape index (κ2) is 4.83. The maximum absolute atomic E-state index is 5.80. The highest BCUT2D eigenvalue weighted by atomic mass is 15.2. The Hall–Kier alpha value is -1.09. The highest BCUT2D eigenvalue weighted by molar-refractivity contribution is 5.49. The molecule has 0 bridgehead atoms. The van der Waals surface area contributed by atoms with E-state index in [1.165, 1.54) is 24.2 Å². The van der Waals surface area contributed by atoms with Crippen molar-refractivity contribution in [3.63, 3.8) is 0 Å². The summed E-state index contributed by atoms with van der Waals surface area (Å²) in [7, 11) is 0. The quantitative estimate of drug-likeness (QED) is 0.847. The molecule has 1 atom stereocenters. The van der Waals surface area contributed by atoms with Crippen LogP contribution in [0, 0.1) is 0 Å². The Balaban J connectivity index is 2.22. The average molecular weight is 219 g/mol. The van der Waals surface area contributed by atoms with Gasteiger partial charge in [-0.15, -0.1) is 0 Å². The summed E-state index contributed by atoms with van der Waals surface area (Å²) in [6, 6.07) is 4.82. The van der Waals surface area contributed by atoms with Crippen LogP contribution in [0.3, 0.4) is 0 Å². The Bertz CT molecular complexity index is 349. The number of nitrogens with zero attached hydrogens (tertiary/aromatic N) is 2. The first kappa shape index (κ1) is 11.4. The third-order valence-electron chi connectivity index (χ3n) is 3.34. The maximum Gasteiger partial charge on any atom is 0.0449 e. The van der Waals surface area contributed by atoms with Gasteiger partial charge >= 0.3 is 0 Å². The zero-order chi connectivity index (χ0) is 11.5. The van der Waals surface area contributed by atoms with Crippen molar-refractivity contribution in [2.75, 3.05) is 18.0 Å². The van der Waals surface area contributed by atoms with Crippen molar-refractivity contribution in [3.8, 4) is 0 Å². The first-order chi connectivity index (χ1) is 7.72. The van der Waals surface area contributed by atoms with E-state index in [1.807, 2.05) is 6.20 Å². The molecule has 88 valence electrons. The van der Waals surface area contributed by atoms with Gasteiger partial charge in [-0.05, 0) is 30.9 Å². The Morgan fingerprint density at radius 1 is 1.56 bits per heavy atom. The van der Waals surface area contributed by atoms with Crippen molar-refractivity contribution >= 4 is 5.69 Å². The van der Waals surface area contributed by atoms with Gasteiger partial charge in [0.1, 0.15) is 0 Å². The van der Waals surface area contributed by atoms with E-state index in [0.29, 0.717) is 12.0 Å². The second-order valence-electron chi connectivity index (χ2n) is 4.82. The number of hydrogen-bond acceptors (Lipinski definition) is 3. The molecular weight excluding hydrogens is 198 g/mol. The van der Waals surface area contributed by atoms with Crippen molar-refractivity contribution in [3.05, 3.63) is 24.0 Å². The van der Waals surface area contributed by atoms with Crippen LogP contribution in [0.2, 0.25) is 0 Å². The van der Waals surface area contributed by atoms with Gasteiger partial charge in [-0.25, -0.2) is 0 Å². The molecule has 1 aliphatic heterocycles.